The van der Waals surface area contributed by atoms with Crippen molar-refractivity contribution < 1.29 is 31.1 Å². The molecule has 16 heavy (non-hydrogen) atoms. The van der Waals surface area contributed by atoms with E-state index in [4.69, 9.17) is 11.6 Å². The Balaban J connectivity index is 2.97. The molecule has 0 unspecified atom stereocenters. The fraction of sp³-hybridized carbons (Fsp3) is 0.250. The third-order valence-corrected chi connectivity index (χ3v) is 1.76. The first-order chi connectivity index (χ1) is 7.13. The van der Waals surface area contributed by atoms with E-state index in [1.807, 2.05) is 0 Å². The van der Waals surface area contributed by atoms with Crippen molar-refractivity contribution in [3.63, 3.8) is 0 Å². The van der Waals surface area contributed by atoms with Crippen molar-refractivity contribution in [2.75, 3.05) is 0 Å². The average molecular weight is 265 g/mol. The van der Waals surface area contributed by atoms with Gasteiger partial charge in [0, 0.05) is 0 Å². The standard InChI is InChI=1S/C8H3ClF6O/c9-5-3-4(10)1-2-6(5)16-8(14,15)7(11,12)13/h1-3H. The van der Waals surface area contributed by atoms with Crippen LogP contribution in [0.1, 0.15) is 0 Å². The topological polar surface area (TPSA) is 9.23 Å². The van der Waals surface area contributed by atoms with Crippen LogP contribution in [0.25, 0.3) is 0 Å². The number of hydrogen-bond donors (Lipinski definition) is 0. The van der Waals surface area contributed by atoms with Crippen molar-refractivity contribution in [2.24, 2.45) is 0 Å². The number of benzene rings is 1. The van der Waals surface area contributed by atoms with E-state index in [-0.39, 0.29) is 0 Å². The van der Waals surface area contributed by atoms with Gasteiger partial charge in [-0.05, 0) is 18.2 Å². The Labute approximate surface area is 90.6 Å². The third kappa shape index (κ3) is 2.72. The Morgan fingerprint density at radius 3 is 2.06 bits per heavy atom. The lowest BCUT2D eigenvalue weighted by atomic mass is 10.3. The van der Waals surface area contributed by atoms with Crippen molar-refractivity contribution >= 4 is 11.6 Å². The highest BCUT2D eigenvalue weighted by molar-refractivity contribution is 6.32. The smallest absolute Gasteiger partial charge is 0.424 e. The molecule has 0 atom stereocenters. The zero-order valence-corrected chi connectivity index (χ0v) is 8.04. The van der Waals surface area contributed by atoms with Crippen LogP contribution in [-0.2, 0) is 0 Å². The van der Waals surface area contributed by atoms with Crippen LogP contribution < -0.4 is 4.74 Å². The first-order valence-corrected chi connectivity index (χ1v) is 4.10. The number of rotatable bonds is 2. The average Bonchev–Trinajstić information content (AvgIpc) is 2.08. The molecular formula is C8H3ClF6O. The molecule has 0 aromatic heterocycles. The first-order valence-electron chi connectivity index (χ1n) is 3.72. The van der Waals surface area contributed by atoms with E-state index in [1.54, 1.807) is 0 Å². The van der Waals surface area contributed by atoms with Gasteiger partial charge in [0.05, 0.1) is 5.02 Å². The van der Waals surface area contributed by atoms with Gasteiger partial charge in [0.15, 0.2) is 0 Å². The van der Waals surface area contributed by atoms with Crippen LogP contribution in [0, 0.1) is 5.82 Å². The molecule has 0 aliphatic rings. The molecule has 0 spiro atoms. The van der Waals surface area contributed by atoms with Crippen LogP contribution in [0.5, 0.6) is 5.75 Å². The summed E-state index contributed by atoms with van der Waals surface area (Å²) in [5.74, 6) is -1.84. The van der Waals surface area contributed by atoms with Crippen molar-refractivity contribution in [2.45, 2.75) is 12.3 Å². The maximum atomic E-state index is 12.5. The summed E-state index contributed by atoms with van der Waals surface area (Å²) >= 11 is 5.22. The summed E-state index contributed by atoms with van der Waals surface area (Å²) in [6, 6.07) is 1.79. The summed E-state index contributed by atoms with van der Waals surface area (Å²) in [7, 11) is 0. The second-order valence-corrected chi connectivity index (χ2v) is 3.10. The molecule has 0 heterocycles. The number of alkyl halides is 5. The fourth-order valence-electron chi connectivity index (χ4n) is 0.754. The Kier molecular flexibility index (Phi) is 3.27. The summed E-state index contributed by atoms with van der Waals surface area (Å²) in [5.41, 5.74) is 0. The second kappa shape index (κ2) is 4.04. The van der Waals surface area contributed by atoms with Crippen LogP contribution in [0.3, 0.4) is 0 Å². The summed E-state index contributed by atoms with van der Waals surface area (Å²) in [6.45, 7) is 0. The van der Waals surface area contributed by atoms with E-state index in [2.05, 4.69) is 4.74 Å². The molecule has 0 saturated heterocycles. The predicted octanol–water partition coefficient (Wildman–Crippen LogP) is 4.01. The van der Waals surface area contributed by atoms with Gasteiger partial charge in [0.1, 0.15) is 11.6 Å². The third-order valence-electron chi connectivity index (χ3n) is 1.46. The van der Waals surface area contributed by atoms with Gasteiger partial charge < -0.3 is 4.74 Å². The Morgan fingerprint density at radius 1 is 1.06 bits per heavy atom. The molecule has 0 bridgehead atoms. The molecule has 90 valence electrons. The molecule has 0 N–H and O–H groups in total. The molecule has 1 aromatic rings. The summed E-state index contributed by atoms with van der Waals surface area (Å²) in [5, 5.41) is -0.677. The number of hydrogen-bond acceptors (Lipinski definition) is 1. The molecular weight excluding hydrogens is 262 g/mol. The Bertz CT molecular complexity index is 389. The zero-order valence-electron chi connectivity index (χ0n) is 7.29. The van der Waals surface area contributed by atoms with Crippen LogP contribution in [-0.4, -0.2) is 12.3 Å². The van der Waals surface area contributed by atoms with Crippen molar-refractivity contribution in [1.82, 2.24) is 0 Å². The van der Waals surface area contributed by atoms with E-state index >= 15 is 0 Å². The highest BCUT2D eigenvalue weighted by atomic mass is 35.5. The van der Waals surface area contributed by atoms with Crippen LogP contribution in [0.15, 0.2) is 18.2 Å². The van der Waals surface area contributed by atoms with E-state index in [9.17, 15) is 26.3 Å². The van der Waals surface area contributed by atoms with E-state index < -0.39 is 28.9 Å². The van der Waals surface area contributed by atoms with Crippen LogP contribution >= 0.6 is 11.6 Å². The number of halogens is 7. The summed E-state index contributed by atoms with van der Waals surface area (Å²) in [4.78, 5) is 0. The Hall–Kier alpha value is -1.11. The molecule has 0 amide bonds. The molecule has 8 heteroatoms. The van der Waals surface area contributed by atoms with E-state index in [0.717, 1.165) is 0 Å². The normalized spacial score (nSPS) is 12.7. The number of ether oxygens (including phenoxy) is 1. The van der Waals surface area contributed by atoms with Crippen LogP contribution in [0.2, 0.25) is 5.02 Å². The molecule has 1 aromatic carbocycles. The predicted molar refractivity (Wildman–Crippen MR) is 43.0 cm³/mol. The van der Waals surface area contributed by atoms with Gasteiger partial charge in [0.2, 0.25) is 0 Å². The van der Waals surface area contributed by atoms with Crippen molar-refractivity contribution in [3.8, 4) is 5.75 Å². The zero-order chi connectivity index (χ0) is 12.6. The maximum Gasteiger partial charge on any atom is 0.499 e. The Morgan fingerprint density at radius 2 is 1.62 bits per heavy atom. The van der Waals surface area contributed by atoms with Crippen LogP contribution in [0.4, 0.5) is 26.3 Å². The van der Waals surface area contributed by atoms with Gasteiger partial charge in [-0.1, -0.05) is 11.6 Å². The largest absolute Gasteiger partial charge is 0.499 e. The van der Waals surface area contributed by atoms with E-state index in [1.165, 1.54) is 0 Å². The molecule has 0 fully saturated rings. The highest BCUT2D eigenvalue weighted by Crippen LogP contribution is 2.39. The summed E-state index contributed by atoms with van der Waals surface area (Å²) < 4.78 is 75.9. The molecule has 1 rings (SSSR count). The second-order valence-electron chi connectivity index (χ2n) is 2.69. The minimum absolute atomic E-state index is 0.559. The van der Waals surface area contributed by atoms with Gasteiger partial charge in [-0.2, -0.15) is 22.0 Å². The van der Waals surface area contributed by atoms with Gasteiger partial charge in [0.25, 0.3) is 0 Å². The molecule has 0 saturated carbocycles. The van der Waals surface area contributed by atoms with Crippen molar-refractivity contribution in [3.05, 3.63) is 29.0 Å². The summed E-state index contributed by atoms with van der Waals surface area (Å²) in [6.07, 6.45) is -11.3. The molecule has 0 aliphatic carbocycles. The quantitative estimate of drug-likeness (QED) is 0.733. The van der Waals surface area contributed by atoms with Crippen molar-refractivity contribution in [1.29, 1.82) is 0 Å². The lowest BCUT2D eigenvalue weighted by Gasteiger charge is -2.20. The molecule has 0 radical (unpaired) electrons. The molecule has 1 nitrogen and oxygen atoms in total. The monoisotopic (exact) mass is 264 g/mol. The molecule has 0 aliphatic heterocycles. The van der Waals surface area contributed by atoms with Gasteiger partial charge in [-0.3, -0.25) is 0 Å². The van der Waals surface area contributed by atoms with E-state index in [0.29, 0.717) is 18.2 Å². The SMILES string of the molecule is Fc1ccc(OC(F)(F)C(F)(F)F)c(Cl)c1. The lowest BCUT2D eigenvalue weighted by Crippen LogP contribution is -2.41. The first kappa shape index (κ1) is 13.0. The minimum Gasteiger partial charge on any atom is -0.424 e. The van der Waals surface area contributed by atoms with Gasteiger partial charge in [-0.25, -0.2) is 4.39 Å². The lowest BCUT2D eigenvalue weighted by molar-refractivity contribution is -0.360. The fourth-order valence-corrected chi connectivity index (χ4v) is 0.960. The highest BCUT2D eigenvalue weighted by Gasteiger charge is 2.61. The minimum atomic E-state index is -5.87. The maximum absolute atomic E-state index is 12.5. The van der Waals surface area contributed by atoms with Gasteiger partial charge in [-0.15, -0.1) is 0 Å². The van der Waals surface area contributed by atoms with Gasteiger partial charge >= 0.3 is 12.3 Å².